The number of rotatable bonds is 4. The van der Waals surface area contributed by atoms with Crippen molar-refractivity contribution in [2.24, 2.45) is 0 Å². The molecule has 4 aromatic rings. The van der Waals surface area contributed by atoms with Crippen LogP contribution >= 0.6 is 0 Å². The molecule has 1 aliphatic heterocycles. The smallest absolute Gasteiger partial charge is 0.251 e. The van der Waals surface area contributed by atoms with Gasteiger partial charge in [0.2, 0.25) is 0 Å². The number of carbonyl (C=O) groups is 1. The highest BCUT2D eigenvalue weighted by Crippen LogP contribution is 2.33. The monoisotopic (exact) mass is 415 g/mol. The molecule has 1 N–H and O–H groups in total. The van der Waals surface area contributed by atoms with E-state index in [4.69, 9.17) is 4.74 Å². The van der Waals surface area contributed by atoms with Crippen molar-refractivity contribution in [1.29, 1.82) is 0 Å². The number of hydrogen-bond acceptors (Lipinski definition) is 3. The summed E-state index contributed by atoms with van der Waals surface area (Å²) in [5, 5.41) is 3.21. The zero-order valence-electron chi connectivity index (χ0n) is 16.9. The topological polar surface area (TPSA) is 56.1 Å². The summed E-state index contributed by atoms with van der Waals surface area (Å²) in [4.78, 5) is 17.5. The van der Waals surface area contributed by atoms with Crippen molar-refractivity contribution in [2.45, 2.75) is 18.4 Å². The van der Waals surface area contributed by atoms with Gasteiger partial charge >= 0.3 is 0 Å². The maximum absolute atomic E-state index is 13.4. The largest absolute Gasteiger partial charge is 0.381 e. The molecule has 0 unspecified atom stereocenters. The quantitative estimate of drug-likeness (QED) is 0.530. The molecule has 6 heteroatoms. The number of benzene rings is 3. The highest BCUT2D eigenvalue weighted by Gasteiger charge is 2.36. The van der Waals surface area contributed by atoms with E-state index in [9.17, 15) is 9.18 Å². The first-order valence-electron chi connectivity index (χ1n) is 10.3. The first kappa shape index (κ1) is 19.5. The Bertz CT molecular complexity index is 1210. The average molecular weight is 415 g/mol. The van der Waals surface area contributed by atoms with Crippen LogP contribution in [0.15, 0.2) is 79.1 Å². The molecule has 2 heterocycles. The van der Waals surface area contributed by atoms with E-state index in [0.29, 0.717) is 31.6 Å². The lowest BCUT2D eigenvalue weighted by Gasteiger charge is -2.38. The summed E-state index contributed by atoms with van der Waals surface area (Å²) in [6.45, 7) is 1.09. The second-order valence-electron chi connectivity index (χ2n) is 7.81. The highest BCUT2D eigenvalue weighted by molar-refractivity contribution is 5.95. The molecule has 0 atom stereocenters. The average Bonchev–Trinajstić information content (AvgIpc) is 3.24. The van der Waals surface area contributed by atoms with Crippen LogP contribution in [-0.4, -0.2) is 28.7 Å². The first-order chi connectivity index (χ1) is 15.1. The number of ether oxygens (including phenoxy) is 1. The predicted octanol–water partition coefficient (Wildman–Crippen LogP) is 4.60. The van der Waals surface area contributed by atoms with Crippen molar-refractivity contribution in [1.82, 2.24) is 14.9 Å². The van der Waals surface area contributed by atoms with Crippen LogP contribution in [0.5, 0.6) is 0 Å². The third-order valence-electron chi connectivity index (χ3n) is 5.96. The summed E-state index contributed by atoms with van der Waals surface area (Å²) in [5.74, 6) is -0.451. The van der Waals surface area contributed by atoms with Crippen LogP contribution < -0.4 is 5.32 Å². The Hall–Kier alpha value is -3.51. The van der Waals surface area contributed by atoms with Crippen LogP contribution in [0.2, 0.25) is 0 Å². The molecule has 0 aliphatic carbocycles. The molecule has 0 spiro atoms. The van der Waals surface area contributed by atoms with Crippen LogP contribution in [0.3, 0.4) is 0 Å². The number of halogens is 1. The predicted molar refractivity (Wildman–Crippen MR) is 117 cm³/mol. The van der Waals surface area contributed by atoms with Gasteiger partial charge in [0.25, 0.3) is 5.91 Å². The highest BCUT2D eigenvalue weighted by atomic mass is 19.1. The molecular formula is C25H22FN3O2. The molecule has 0 saturated carbocycles. The van der Waals surface area contributed by atoms with Gasteiger partial charge in [0.1, 0.15) is 12.1 Å². The van der Waals surface area contributed by atoms with Crippen molar-refractivity contribution in [3.63, 3.8) is 0 Å². The van der Waals surface area contributed by atoms with Crippen molar-refractivity contribution < 1.29 is 13.9 Å². The lowest BCUT2D eigenvalue weighted by Crippen LogP contribution is -2.49. The molecule has 1 amide bonds. The Kier molecular flexibility index (Phi) is 5.00. The number of amides is 1. The number of carbonyl (C=O) groups excluding carboxylic acids is 1. The van der Waals surface area contributed by atoms with Gasteiger partial charge < -0.3 is 10.1 Å². The van der Waals surface area contributed by atoms with Gasteiger partial charge in [-0.3, -0.25) is 9.36 Å². The fourth-order valence-electron chi connectivity index (χ4n) is 4.20. The molecule has 1 aromatic heterocycles. The van der Waals surface area contributed by atoms with E-state index in [2.05, 4.69) is 10.3 Å². The number of fused-ring (bicyclic) bond motifs is 1. The van der Waals surface area contributed by atoms with E-state index >= 15 is 0 Å². The van der Waals surface area contributed by atoms with Crippen LogP contribution in [0, 0.1) is 5.82 Å². The number of nitrogens with zero attached hydrogens (tertiary/aromatic N) is 2. The second-order valence-corrected chi connectivity index (χ2v) is 7.81. The van der Waals surface area contributed by atoms with Crippen molar-refractivity contribution in [3.8, 4) is 5.69 Å². The van der Waals surface area contributed by atoms with Gasteiger partial charge in [0.05, 0.1) is 16.6 Å². The maximum atomic E-state index is 13.4. The van der Waals surface area contributed by atoms with E-state index in [1.807, 2.05) is 53.1 Å². The number of imidazole rings is 1. The third kappa shape index (κ3) is 3.70. The van der Waals surface area contributed by atoms with Crippen LogP contribution in [-0.2, 0) is 10.3 Å². The Morgan fingerprint density at radius 2 is 1.68 bits per heavy atom. The molecule has 31 heavy (non-hydrogen) atoms. The van der Waals surface area contributed by atoms with Crippen LogP contribution in [0.4, 0.5) is 4.39 Å². The molecule has 5 rings (SSSR count). The fraction of sp³-hybridized carbons (Fsp3) is 0.200. The van der Waals surface area contributed by atoms with Gasteiger partial charge in [-0.25, -0.2) is 9.37 Å². The minimum Gasteiger partial charge on any atom is -0.381 e. The summed E-state index contributed by atoms with van der Waals surface area (Å²) in [6, 6.07) is 21.7. The number of para-hydroxylation sites is 2. The first-order valence-corrected chi connectivity index (χ1v) is 10.3. The van der Waals surface area contributed by atoms with Crippen molar-refractivity contribution >= 4 is 16.9 Å². The zero-order chi connectivity index (χ0) is 21.3. The van der Waals surface area contributed by atoms with E-state index < -0.39 is 5.54 Å². The molecule has 1 saturated heterocycles. The molecule has 5 nitrogen and oxygen atoms in total. The molecular weight excluding hydrogens is 393 g/mol. The minimum atomic E-state index is -0.567. The zero-order valence-corrected chi connectivity index (χ0v) is 16.9. The lowest BCUT2D eigenvalue weighted by molar-refractivity contribution is 0.0345. The Morgan fingerprint density at radius 3 is 2.42 bits per heavy atom. The van der Waals surface area contributed by atoms with Crippen LogP contribution in [0.25, 0.3) is 16.7 Å². The normalized spacial score (nSPS) is 15.6. The second kappa shape index (κ2) is 7.96. The van der Waals surface area contributed by atoms with Crippen molar-refractivity contribution in [2.75, 3.05) is 13.2 Å². The Labute approximate surface area is 179 Å². The van der Waals surface area contributed by atoms with Gasteiger partial charge in [0, 0.05) is 24.5 Å². The molecule has 0 radical (unpaired) electrons. The molecule has 0 bridgehead atoms. The van der Waals surface area contributed by atoms with Gasteiger partial charge in [0.15, 0.2) is 0 Å². The molecule has 3 aromatic carbocycles. The Balaban J connectivity index is 1.41. The van der Waals surface area contributed by atoms with Gasteiger partial charge in [-0.2, -0.15) is 0 Å². The van der Waals surface area contributed by atoms with E-state index in [-0.39, 0.29) is 11.7 Å². The molecule has 1 fully saturated rings. The summed E-state index contributed by atoms with van der Waals surface area (Å²) in [7, 11) is 0. The molecule has 156 valence electrons. The van der Waals surface area contributed by atoms with E-state index in [1.165, 1.54) is 12.1 Å². The maximum Gasteiger partial charge on any atom is 0.251 e. The number of hydrogen-bond donors (Lipinski definition) is 1. The van der Waals surface area contributed by atoms with Gasteiger partial charge in [-0.15, -0.1) is 0 Å². The van der Waals surface area contributed by atoms with Gasteiger partial charge in [-0.05, 0) is 66.9 Å². The standard InChI is InChI=1S/C25H22FN3O2/c26-20-9-7-19(8-10-20)25(13-15-31-16-14-25)28-24(30)18-5-11-21(12-6-18)29-17-27-22-3-1-2-4-23(22)29/h1-12,17H,13-16H2,(H,28,30). The summed E-state index contributed by atoms with van der Waals surface area (Å²) in [6.07, 6.45) is 3.07. The van der Waals surface area contributed by atoms with Gasteiger partial charge in [-0.1, -0.05) is 24.3 Å². The van der Waals surface area contributed by atoms with E-state index in [0.717, 1.165) is 22.3 Å². The Morgan fingerprint density at radius 1 is 0.968 bits per heavy atom. The summed E-state index contributed by atoms with van der Waals surface area (Å²) in [5.41, 5.74) is 3.77. The minimum absolute atomic E-state index is 0.159. The SMILES string of the molecule is O=C(NC1(c2ccc(F)cc2)CCOCC1)c1ccc(-n2cnc3ccccc32)cc1. The molecule has 1 aliphatic rings. The van der Waals surface area contributed by atoms with Crippen LogP contribution in [0.1, 0.15) is 28.8 Å². The third-order valence-corrected chi connectivity index (χ3v) is 5.96. The summed E-state index contributed by atoms with van der Waals surface area (Å²) >= 11 is 0. The lowest BCUT2D eigenvalue weighted by atomic mass is 9.82. The number of aromatic nitrogens is 2. The number of nitrogens with one attached hydrogen (secondary N) is 1. The van der Waals surface area contributed by atoms with E-state index in [1.54, 1.807) is 18.5 Å². The van der Waals surface area contributed by atoms with Crippen molar-refractivity contribution in [3.05, 3.63) is 96.1 Å². The fourth-order valence-corrected chi connectivity index (χ4v) is 4.20. The summed E-state index contributed by atoms with van der Waals surface area (Å²) < 4.78 is 21.0.